The van der Waals surface area contributed by atoms with Gasteiger partial charge in [0.2, 0.25) is 0 Å². The summed E-state index contributed by atoms with van der Waals surface area (Å²) in [7, 11) is 3.88. The zero-order valence-corrected chi connectivity index (χ0v) is 22.5. The molecule has 1 aliphatic heterocycles. The minimum atomic E-state index is -0.843. The van der Waals surface area contributed by atoms with Crippen LogP contribution in [0.5, 0.6) is 11.5 Å². The number of para-hydroxylation sites is 2. The van der Waals surface area contributed by atoms with Crippen molar-refractivity contribution in [3.05, 3.63) is 89.0 Å². The van der Waals surface area contributed by atoms with Gasteiger partial charge in [0.1, 0.15) is 17.3 Å². The zero-order chi connectivity index (χ0) is 27.4. The molecule has 0 aromatic heterocycles. The van der Waals surface area contributed by atoms with Crippen LogP contribution in [-0.2, 0) is 9.59 Å². The summed E-state index contributed by atoms with van der Waals surface area (Å²) < 4.78 is 11.6. The molecule has 0 bridgehead atoms. The molecule has 0 spiro atoms. The normalized spacial score (nSPS) is 16.6. The SMILES string of the molecule is CCCOc1ccccc1N1C(=O)C(=O)/C(=C(\O)c2ccc(OCC)c(C)c2)C1c1ccc(N(C)C)cc1. The number of ketones is 1. The van der Waals surface area contributed by atoms with Gasteiger partial charge in [-0.25, -0.2) is 0 Å². The number of hydrogen-bond acceptors (Lipinski definition) is 6. The third-order valence-electron chi connectivity index (χ3n) is 6.50. The summed E-state index contributed by atoms with van der Waals surface area (Å²) in [5.74, 6) is -0.500. The number of Topliss-reactive ketones (excluding diaryl/α,β-unsaturated/α-hetero) is 1. The molecule has 1 fully saturated rings. The lowest BCUT2D eigenvalue weighted by molar-refractivity contribution is -0.132. The van der Waals surface area contributed by atoms with Gasteiger partial charge in [-0.3, -0.25) is 14.5 Å². The van der Waals surface area contributed by atoms with Crippen LogP contribution < -0.4 is 19.3 Å². The highest BCUT2D eigenvalue weighted by atomic mass is 16.5. The maximum Gasteiger partial charge on any atom is 0.300 e. The Morgan fingerprint density at radius 2 is 1.66 bits per heavy atom. The van der Waals surface area contributed by atoms with Crippen LogP contribution in [0.15, 0.2) is 72.3 Å². The summed E-state index contributed by atoms with van der Waals surface area (Å²) in [6, 6.07) is 19.2. The van der Waals surface area contributed by atoms with Crippen molar-refractivity contribution in [3.63, 3.8) is 0 Å². The van der Waals surface area contributed by atoms with E-state index in [0.717, 1.165) is 17.7 Å². The Morgan fingerprint density at radius 3 is 2.29 bits per heavy atom. The minimum absolute atomic E-state index is 0.0291. The third-order valence-corrected chi connectivity index (χ3v) is 6.50. The Labute approximate surface area is 223 Å². The number of ether oxygens (including phenoxy) is 2. The van der Waals surface area contributed by atoms with E-state index < -0.39 is 17.7 Å². The van der Waals surface area contributed by atoms with Crippen LogP contribution in [0.4, 0.5) is 11.4 Å². The second-order valence-electron chi connectivity index (χ2n) is 9.38. The number of anilines is 2. The monoisotopic (exact) mass is 514 g/mol. The molecule has 7 heteroatoms. The van der Waals surface area contributed by atoms with Crippen molar-refractivity contribution in [1.82, 2.24) is 0 Å². The van der Waals surface area contributed by atoms with Crippen molar-refractivity contribution in [2.45, 2.75) is 33.2 Å². The Kier molecular flexibility index (Phi) is 8.05. The van der Waals surface area contributed by atoms with E-state index in [1.54, 1.807) is 36.4 Å². The van der Waals surface area contributed by atoms with Crippen LogP contribution >= 0.6 is 0 Å². The lowest BCUT2D eigenvalue weighted by atomic mass is 9.94. The molecule has 1 atom stereocenters. The van der Waals surface area contributed by atoms with Gasteiger partial charge < -0.3 is 19.5 Å². The van der Waals surface area contributed by atoms with Crippen molar-refractivity contribution in [2.75, 3.05) is 37.1 Å². The first-order chi connectivity index (χ1) is 18.3. The molecule has 0 radical (unpaired) electrons. The Morgan fingerprint density at radius 1 is 0.947 bits per heavy atom. The molecule has 1 heterocycles. The number of nitrogens with zero attached hydrogens (tertiary/aromatic N) is 2. The number of aliphatic hydroxyl groups is 1. The Hall–Kier alpha value is -4.26. The molecule has 1 aliphatic rings. The van der Waals surface area contributed by atoms with Crippen LogP contribution in [0.1, 0.15) is 43.0 Å². The highest BCUT2D eigenvalue weighted by molar-refractivity contribution is 6.52. The van der Waals surface area contributed by atoms with E-state index in [0.29, 0.717) is 41.5 Å². The summed E-state index contributed by atoms with van der Waals surface area (Å²) in [6.07, 6.45) is 0.791. The van der Waals surface area contributed by atoms with Gasteiger partial charge in [-0.15, -0.1) is 0 Å². The molecular formula is C31H34N2O5. The quantitative estimate of drug-likeness (QED) is 0.218. The predicted molar refractivity (Wildman–Crippen MR) is 150 cm³/mol. The molecule has 1 N–H and O–H groups in total. The van der Waals surface area contributed by atoms with E-state index in [-0.39, 0.29) is 11.3 Å². The molecule has 1 unspecified atom stereocenters. The summed E-state index contributed by atoms with van der Waals surface area (Å²) in [5, 5.41) is 11.5. The highest BCUT2D eigenvalue weighted by Crippen LogP contribution is 2.45. The van der Waals surface area contributed by atoms with Gasteiger partial charge in [-0.2, -0.15) is 0 Å². The number of benzene rings is 3. The zero-order valence-electron chi connectivity index (χ0n) is 22.5. The maximum atomic E-state index is 13.6. The van der Waals surface area contributed by atoms with Gasteiger partial charge in [0.15, 0.2) is 0 Å². The van der Waals surface area contributed by atoms with E-state index in [2.05, 4.69) is 0 Å². The van der Waals surface area contributed by atoms with Crippen LogP contribution in [0, 0.1) is 6.92 Å². The van der Waals surface area contributed by atoms with Gasteiger partial charge in [0.25, 0.3) is 11.7 Å². The number of carbonyl (C=O) groups excluding carboxylic acids is 2. The number of aliphatic hydroxyl groups excluding tert-OH is 1. The summed E-state index contributed by atoms with van der Waals surface area (Å²) >= 11 is 0. The van der Waals surface area contributed by atoms with E-state index >= 15 is 0 Å². The number of aryl methyl sites for hydroxylation is 1. The topological polar surface area (TPSA) is 79.3 Å². The number of amides is 1. The summed E-state index contributed by atoms with van der Waals surface area (Å²) in [4.78, 5) is 30.6. The van der Waals surface area contributed by atoms with Crippen molar-refractivity contribution in [2.24, 2.45) is 0 Å². The number of hydrogen-bond donors (Lipinski definition) is 1. The van der Waals surface area contributed by atoms with Crippen molar-refractivity contribution >= 4 is 28.8 Å². The third kappa shape index (κ3) is 5.09. The fourth-order valence-corrected chi connectivity index (χ4v) is 4.61. The number of carbonyl (C=O) groups is 2. The average molecular weight is 515 g/mol. The molecule has 0 aliphatic carbocycles. The molecule has 1 amide bonds. The van der Waals surface area contributed by atoms with E-state index in [9.17, 15) is 14.7 Å². The lowest BCUT2D eigenvalue weighted by Gasteiger charge is -2.27. The Bertz CT molecular complexity index is 1360. The molecule has 7 nitrogen and oxygen atoms in total. The fraction of sp³-hybridized carbons (Fsp3) is 0.290. The van der Waals surface area contributed by atoms with E-state index in [4.69, 9.17) is 9.47 Å². The molecule has 0 saturated carbocycles. The molecular weight excluding hydrogens is 480 g/mol. The first-order valence-corrected chi connectivity index (χ1v) is 12.8. The summed E-state index contributed by atoms with van der Waals surface area (Å²) in [6.45, 7) is 6.76. The molecule has 3 aromatic rings. The van der Waals surface area contributed by atoms with Gasteiger partial charge >= 0.3 is 0 Å². The van der Waals surface area contributed by atoms with Crippen LogP contribution in [-0.4, -0.2) is 44.1 Å². The molecule has 38 heavy (non-hydrogen) atoms. The van der Waals surface area contributed by atoms with E-state index in [1.165, 1.54) is 4.90 Å². The number of rotatable bonds is 9. The van der Waals surface area contributed by atoms with Gasteiger partial charge in [0.05, 0.1) is 30.5 Å². The average Bonchev–Trinajstić information content (AvgIpc) is 3.18. The summed E-state index contributed by atoms with van der Waals surface area (Å²) in [5.41, 5.74) is 3.43. The van der Waals surface area contributed by atoms with Crippen molar-refractivity contribution in [3.8, 4) is 11.5 Å². The highest BCUT2D eigenvalue weighted by Gasteiger charge is 2.47. The van der Waals surface area contributed by atoms with Crippen molar-refractivity contribution in [1.29, 1.82) is 0 Å². The second-order valence-corrected chi connectivity index (χ2v) is 9.38. The first-order valence-electron chi connectivity index (χ1n) is 12.8. The van der Waals surface area contributed by atoms with E-state index in [1.807, 2.05) is 70.1 Å². The standard InChI is InChI=1S/C31H34N2O5/c1-6-18-38-26-11-9-8-10-24(26)33-28(21-12-15-23(16-13-21)32(4)5)27(30(35)31(33)36)29(34)22-14-17-25(37-7-2)20(3)19-22/h8-17,19,28,34H,6-7,18H2,1-5H3/b29-27-. The lowest BCUT2D eigenvalue weighted by Crippen LogP contribution is -2.30. The van der Waals surface area contributed by atoms with Crippen molar-refractivity contribution < 1.29 is 24.2 Å². The Balaban J connectivity index is 1.91. The molecule has 198 valence electrons. The first kappa shape index (κ1) is 26.8. The van der Waals surface area contributed by atoms with Crippen LogP contribution in [0.25, 0.3) is 5.76 Å². The maximum absolute atomic E-state index is 13.6. The van der Waals surface area contributed by atoms with Crippen LogP contribution in [0.2, 0.25) is 0 Å². The van der Waals surface area contributed by atoms with Crippen LogP contribution in [0.3, 0.4) is 0 Å². The predicted octanol–water partition coefficient (Wildman–Crippen LogP) is 5.87. The smallest absolute Gasteiger partial charge is 0.300 e. The fourth-order valence-electron chi connectivity index (χ4n) is 4.61. The van der Waals surface area contributed by atoms with Gasteiger partial charge in [-0.05, 0) is 73.9 Å². The minimum Gasteiger partial charge on any atom is -0.507 e. The molecule has 4 rings (SSSR count). The molecule has 1 saturated heterocycles. The van der Waals surface area contributed by atoms with Gasteiger partial charge in [0, 0.05) is 25.3 Å². The molecule has 3 aromatic carbocycles. The largest absolute Gasteiger partial charge is 0.507 e. The second kappa shape index (κ2) is 11.4. The van der Waals surface area contributed by atoms with Gasteiger partial charge in [-0.1, -0.05) is 31.2 Å².